The number of amides is 2. The second-order valence-electron chi connectivity index (χ2n) is 5.67. The van der Waals surface area contributed by atoms with E-state index in [2.05, 4.69) is 26.5 Å². The Balaban J connectivity index is 1.59. The maximum absolute atomic E-state index is 12.2. The smallest absolute Gasteiger partial charge is 0.245 e. The Kier molecular flexibility index (Phi) is 5.50. The van der Waals surface area contributed by atoms with Crippen LogP contribution in [0.3, 0.4) is 0 Å². The molecular weight excluding hydrogens is 406 g/mol. The van der Waals surface area contributed by atoms with Crippen LogP contribution in [0.1, 0.15) is 12.0 Å². The van der Waals surface area contributed by atoms with E-state index in [1.54, 1.807) is 35.4 Å². The maximum atomic E-state index is 12.2. The zero-order valence-corrected chi connectivity index (χ0v) is 15.5. The van der Waals surface area contributed by atoms with Gasteiger partial charge in [0.25, 0.3) is 0 Å². The van der Waals surface area contributed by atoms with E-state index in [9.17, 15) is 9.59 Å². The van der Waals surface area contributed by atoms with Crippen molar-refractivity contribution in [3.63, 3.8) is 0 Å². The Morgan fingerprint density at radius 1 is 1.20 bits per heavy atom. The monoisotopic (exact) mass is 419 g/mol. The van der Waals surface area contributed by atoms with Gasteiger partial charge in [0.2, 0.25) is 11.8 Å². The number of nitrogens with zero attached hydrogens (tertiary/aromatic N) is 2. The molecular formula is C18H15BrClN3O2. The van der Waals surface area contributed by atoms with E-state index in [0.717, 1.165) is 15.7 Å². The standard InChI is InChI=1S/C18H15BrClN3O2/c19-14-3-1-12(2-4-14)10-21-22-18(25)13-9-17(24)23(11-13)16-7-5-15(20)6-8-16/h1-8,10,13H,9,11H2,(H,22,25). The molecule has 0 bridgehead atoms. The molecule has 2 aromatic carbocycles. The van der Waals surface area contributed by atoms with E-state index in [4.69, 9.17) is 11.6 Å². The first-order valence-electron chi connectivity index (χ1n) is 7.67. The largest absolute Gasteiger partial charge is 0.312 e. The van der Waals surface area contributed by atoms with E-state index >= 15 is 0 Å². The summed E-state index contributed by atoms with van der Waals surface area (Å²) in [6, 6.07) is 14.5. The highest BCUT2D eigenvalue weighted by Gasteiger charge is 2.35. The van der Waals surface area contributed by atoms with Crippen LogP contribution < -0.4 is 10.3 Å². The number of halogens is 2. The van der Waals surface area contributed by atoms with E-state index in [1.165, 1.54) is 0 Å². The number of rotatable bonds is 4. The molecule has 2 aromatic rings. The topological polar surface area (TPSA) is 61.8 Å². The minimum Gasteiger partial charge on any atom is -0.312 e. The van der Waals surface area contributed by atoms with Gasteiger partial charge in [-0.25, -0.2) is 5.43 Å². The molecule has 0 aliphatic carbocycles. The molecule has 1 aliphatic rings. The maximum Gasteiger partial charge on any atom is 0.245 e. The first-order valence-corrected chi connectivity index (χ1v) is 8.84. The molecule has 7 heteroatoms. The van der Waals surface area contributed by atoms with Gasteiger partial charge in [0.05, 0.1) is 12.1 Å². The summed E-state index contributed by atoms with van der Waals surface area (Å²) < 4.78 is 0.973. The second-order valence-corrected chi connectivity index (χ2v) is 7.02. The molecule has 2 amide bonds. The predicted molar refractivity (Wildman–Crippen MR) is 102 cm³/mol. The van der Waals surface area contributed by atoms with Crippen molar-refractivity contribution >= 4 is 51.2 Å². The molecule has 0 aromatic heterocycles. The molecule has 1 unspecified atom stereocenters. The number of hydrazone groups is 1. The average Bonchev–Trinajstić information content (AvgIpc) is 2.99. The van der Waals surface area contributed by atoms with E-state index in [-0.39, 0.29) is 18.2 Å². The number of carbonyl (C=O) groups is 2. The van der Waals surface area contributed by atoms with Crippen molar-refractivity contribution in [2.75, 3.05) is 11.4 Å². The van der Waals surface area contributed by atoms with Crippen molar-refractivity contribution in [3.05, 3.63) is 63.6 Å². The summed E-state index contributed by atoms with van der Waals surface area (Å²) in [6.45, 7) is 0.333. The number of anilines is 1. The summed E-state index contributed by atoms with van der Waals surface area (Å²) in [4.78, 5) is 26.0. The lowest BCUT2D eigenvalue weighted by Crippen LogP contribution is -2.30. The molecule has 1 heterocycles. The first-order chi connectivity index (χ1) is 12.0. The van der Waals surface area contributed by atoms with Gasteiger partial charge in [0.1, 0.15) is 0 Å². The molecule has 5 nitrogen and oxygen atoms in total. The Labute approximate surface area is 158 Å². The highest BCUT2D eigenvalue weighted by Crippen LogP contribution is 2.26. The molecule has 0 spiro atoms. The van der Waals surface area contributed by atoms with Gasteiger partial charge in [-0.15, -0.1) is 0 Å². The van der Waals surface area contributed by atoms with Crippen molar-refractivity contribution < 1.29 is 9.59 Å². The van der Waals surface area contributed by atoms with E-state index in [0.29, 0.717) is 11.6 Å². The number of nitrogens with one attached hydrogen (secondary N) is 1. The summed E-state index contributed by atoms with van der Waals surface area (Å²) in [5.74, 6) is -0.775. The predicted octanol–water partition coefficient (Wildman–Crippen LogP) is 3.61. The molecule has 1 N–H and O–H groups in total. The molecule has 25 heavy (non-hydrogen) atoms. The lowest BCUT2D eigenvalue weighted by Gasteiger charge is -2.16. The molecule has 128 valence electrons. The van der Waals surface area contributed by atoms with Crippen LogP contribution in [0.2, 0.25) is 5.02 Å². The van der Waals surface area contributed by atoms with E-state index < -0.39 is 5.92 Å². The average molecular weight is 421 g/mol. The summed E-state index contributed by atoms with van der Waals surface area (Å²) >= 11 is 9.22. The van der Waals surface area contributed by atoms with Gasteiger partial charge < -0.3 is 4.90 Å². The quantitative estimate of drug-likeness (QED) is 0.607. The fourth-order valence-electron chi connectivity index (χ4n) is 2.56. The van der Waals surface area contributed by atoms with E-state index in [1.807, 2.05) is 24.3 Å². The zero-order chi connectivity index (χ0) is 17.8. The Morgan fingerprint density at radius 3 is 2.56 bits per heavy atom. The lowest BCUT2D eigenvalue weighted by atomic mass is 10.1. The van der Waals surface area contributed by atoms with Crippen LogP contribution in [0.25, 0.3) is 0 Å². The summed E-state index contributed by atoms with van der Waals surface area (Å²) in [5, 5.41) is 4.57. The van der Waals surface area contributed by atoms with Crippen molar-refractivity contribution in [1.29, 1.82) is 0 Å². The minimum absolute atomic E-state index is 0.0839. The van der Waals surface area contributed by atoms with Gasteiger partial charge in [-0.1, -0.05) is 39.7 Å². The summed E-state index contributed by atoms with van der Waals surface area (Å²) in [5.41, 5.74) is 4.12. The van der Waals surface area contributed by atoms with Gasteiger partial charge in [0.15, 0.2) is 0 Å². The number of carbonyl (C=O) groups excluding carboxylic acids is 2. The van der Waals surface area contributed by atoms with Crippen molar-refractivity contribution in [2.45, 2.75) is 6.42 Å². The number of hydrogen-bond acceptors (Lipinski definition) is 3. The zero-order valence-electron chi connectivity index (χ0n) is 13.2. The fraction of sp³-hybridized carbons (Fsp3) is 0.167. The van der Waals surface area contributed by atoms with Gasteiger partial charge in [-0.3, -0.25) is 9.59 Å². The third-order valence-corrected chi connectivity index (χ3v) is 4.67. The number of benzene rings is 2. The summed E-state index contributed by atoms with van der Waals surface area (Å²) in [7, 11) is 0. The van der Waals surface area contributed by atoms with Crippen LogP contribution >= 0.6 is 27.5 Å². The molecule has 0 radical (unpaired) electrons. The molecule has 3 rings (SSSR count). The molecule has 0 saturated carbocycles. The van der Waals surface area contributed by atoms with Crippen LogP contribution in [-0.2, 0) is 9.59 Å². The summed E-state index contributed by atoms with van der Waals surface area (Å²) in [6.07, 6.45) is 1.74. The highest BCUT2D eigenvalue weighted by atomic mass is 79.9. The van der Waals surface area contributed by atoms with Crippen LogP contribution in [-0.4, -0.2) is 24.6 Å². The van der Waals surface area contributed by atoms with Crippen LogP contribution in [0.15, 0.2) is 58.1 Å². The van der Waals surface area contributed by atoms with Gasteiger partial charge >= 0.3 is 0 Å². The van der Waals surface area contributed by atoms with Gasteiger partial charge in [0, 0.05) is 28.1 Å². The van der Waals surface area contributed by atoms with Crippen molar-refractivity contribution in [3.8, 4) is 0 Å². The molecule has 1 saturated heterocycles. The van der Waals surface area contributed by atoms with Crippen LogP contribution in [0.4, 0.5) is 5.69 Å². The second kappa shape index (κ2) is 7.80. The molecule has 1 aliphatic heterocycles. The number of hydrogen-bond donors (Lipinski definition) is 1. The van der Waals surface area contributed by atoms with Crippen LogP contribution in [0, 0.1) is 5.92 Å². The SMILES string of the molecule is O=C(NN=Cc1ccc(Br)cc1)C1CC(=O)N(c2ccc(Cl)cc2)C1. The van der Waals surface area contributed by atoms with Gasteiger partial charge in [-0.05, 0) is 42.0 Å². The minimum atomic E-state index is -0.426. The Morgan fingerprint density at radius 2 is 1.88 bits per heavy atom. The van der Waals surface area contributed by atoms with Crippen molar-refractivity contribution in [1.82, 2.24) is 5.43 Å². The first kappa shape index (κ1) is 17.6. The fourth-order valence-corrected chi connectivity index (χ4v) is 2.95. The van der Waals surface area contributed by atoms with Crippen LogP contribution in [0.5, 0.6) is 0 Å². The Bertz CT molecular complexity index is 806. The Hall–Kier alpha value is -2.18. The van der Waals surface area contributed by atoms with Gasteiger partial charge in [-0.2, -0.15) is 5.10 Å². The molecule has 1 fully saturated rings. The lowest BCUT2D eigenvalue weighted by molar-refractivity contribution is -0.126. The highest BCUT2D eigenvalue weighted by molar-refractivity contribution is 9.10. The van der Waals surface area contributed by atoms with Crippen molar-refractivity contribution in [2.24, 2.45) is 11.0 Å². The third kappa shape index (κ3) is 4.46. The normalized spacial score (nSPS) is 17.3. The molecule has 1 atom stereocenters. The third-order valence-electron chi connectivity index (χ3n) is 3.89.